The fraction of sp³-hybridized carbons (Fsp3) is 0.875. The van der Waals surface area contributed by atoms with Crippen molar-refractivity contribution in [2.75, 3.05) is 11.5 Å². The minimum atomic E-state index is -2.91. The zero-order valence-electron chi connectivity index (χ0n) is 7.73. The quantitative estimate of drug-likeness (QED) is 0.725. The molecule has 0 spiro atoms. The Bertz CT molecular complexity index is 292. The van der Waals surface area contributed by atoms with Crippen LogP contribution >= 0.6 is 0 Å². The molecule has 4 nitrogen and oxygen atoms in total. The van der Waals surface area contributed by atoms with Crippen LogP contribution in [0.4, 0.5) is 0 Å². The predicted molar refractivity (Wildman–Crippen MR) is 48.1 cm³/mol. The zero-order chi connectivity index (χ0) is 10.2. The molecule has 1 aliphatic heterocycles. The van der Waals surface area contributed by atoms with E-state index in [-0.39, 0.29) is 23.3 Å². The van der Waals surface area contributed by atoms with Gasteiger partial charge in [-0.3, -0.25) is 4.79 Å². The fourth-order valence-electron chi connectivity index (χ4n) is 1.84. The van der Waals surface area contributed by atoms with Crippen molar-refractivity contribution in [1.82, 2.24) is 0 Å². The topological polar surface area (TPSA) is 71.4 Å². The first kappa shape index (κ1) is 10.5. The van der Waals surface area contributed by atoms with Crippen LogP contribution in [-0.2, 0) is 14.6 Å². The SMILES string of the molecule is CC(C)C(C(=O)O)C1CS(=O)(=O)C1. The predicted octanol–water partition coefficient (Wildman–Crippen LogP) is 0.388. The van der Waals surface area contributed by atoms with Crippen LogP contribution in [0.5, 0.6) is 0 Å². The first-order valence-corrected chi connectivity index (χ1v) is 6.09. The largest absolute Gasteiger partial charge is 0.481 e. The summed E-state index contributed by atoms with van der Waals surface area (Å²) in [6.45, 7) is 3.62. The number of rotatable bonds is 3. The lowest BCUT2D eigenvalue weighted by Crippen LogP contribution is -2.45. The lowest BCUT2D eigenvalue weighted by molar-refractivity contribution is -0.145. The van der Waals surface area contributed by atoms with Crippen LogP contribution in [0.15, 0.2) is 0 Å². The van der Waals surface area contributed by atoms with Crippen molar-refractivity contribution in [1.29, 1.82) is 0 Å². The Labute approximate surface area is 77.9 Å². The number of carboxylic acid groups (broad SMARTS) is 1. The van der Waals surface area contributed by atoms with Crippen molar-refractivity contribution in [2.24, 2.45) is 17.8 Å². The van der Waals surface area contributed by atoms with Crippen molar-refractivity contribution in [3.8, 4) is 0 Å². The summed E-state index contributed by atoms with van der Waals surface area (Å²) < 4.78 is 21.7. The van der Waals surface area contributed by atoms with Gasteiger partial charge in [0, 0.05) is 5.92 Å². The van der Waals surface area contributed by atoms with Crippen LogP contribution in [-0.4, -0.2) is 31.0 Å². The van der Waals surface area contributed by atoms with E-state index in [2.05, 4.69) is 0 Å². The van der Waals surface area contributed by atoms with Crippen molar-refractivity contribution in [3.63, 3.8) is 0 Å². The second-order valence-electron chi connectivity index (χ2n) is 3.95. The van der Waals surface area contributed by atoms with Gasteiger partial charge in [0.05, 0.1) is 17.4 Å². The maximum Gasteiger partial charge on any atom is 0.307 e. The first-order chi connectivity index (χ1) is 5.83. The van der Waals surface area contributed by atoms with E-state index in [1.54, 1.807) is 0 Å². The molecule has 5 heteroatoms. The summed E-state index contributed by atoms with van der Waals surface area (Å²) in [7, 11) is -2.91. The molecule has 0 amide bonds. The summed E-state index contributed by atoms with van der Waals surface area (Å²) in [6, 6.07) is 0. The van der Waals surface area contributed by atoms with Crippen LogP contribution in [0.3, 0.4) is 0 Å². The number of carboxylic acids is 1. The van der Waals surface area contributed by atoms with Gasteiger partial charge in [0.2, 0.25) is 0 Å². The molecule has 1 atom stereocenters. The molecule has 0 aromatic heterocycles. The molecule has 13 heavy (non-hydrogen) atoms. The summed E-state index contributed by atoms with van der Waals surface area (Å²) in [6.07, 6.45) is 0. The molecule has 0 aromatic rings. The van der Waals surface area contributed by atoms with Gasteiger partial charge in [-0.05, 0) is 5.92 Å². The van der Waals surface area contributed by atoms with Gasteiger partial charge in [-0.25, -0.2) is 8.42 Å². The van der Waals surface area contributed by atoms with Gasteiger partial charge in [-0.2, -0.15) is 0 Å². The number of carbonyl (C=O) groups is 1. The van der Waals surface area contributed by atoms with Gasteiger partial charge in [-0.1, -0.05) is 13.8 Å². The minimum Gasteiger partial charge on any atom is -0.481 e. The molecular weight excluding hydrogens is 192 g/mol. The van der Waals surface area contributed by atoms with E-state index in [1.165, 1.54) is 0 Å². The van der Waals surface area contributed by atoms with Crippen molar-refractivity contribution in [2.45, 2.75) is 13.8 Å². The monoisotopic (exact) mass is 206 g/mol. The molecule has 0 bridgehead atoms. The summed E-state index contributed by atoms with van der Waals surface area (Å²) in [5.74, 6) is -1.48. The van der Waals surface area contributed by atoms with Gasteiger partial charge in [0.25, 0.3) is 0 Å². The molecule has 0 aliphatic carbocycles. The smallest absolute Gasteiger partial charge is 0.307 e. The van der Waals surface area contributed by atoms with Crippen molar-refractivity contribution < 1.29 is 18.3 Å². The van der Waals surface area contributed by atoms with Crippen LogP contribution in [0.2, 0.25) is 0 Å². The lowest BCUT2D eigenvalue weighted by atomic mass is 9.85. The summed E-state index contributed by atoms with van der Waals surface area (Å²) in [5.41, 5.74) is 0. The first-order valence-electron chi connectivity index (χ1n) is 4.26. The van der Waals surface area contributed by atoms with E-state index in [0.29, 0.717) is 0 Å². The van der Waals surface area contributed by atoms with Gasteiger partial charge in [0.15, 0.2) is 9.84 Å². The Hall–Kier alpha value is -0.580. The molecule has 1 rings (SSSR count). The second kappa shape index (κ2) is 3.29. The number of sulfone groups is 1. The highest BCUT2D eigenvalue weighted by Gasteiger charge is 2.43. The Morgan fingerprint density at radius 2 is 1.85 bits per heavy atom. The van der Waals surface area contributed by atoms with Gasteiger partial charge < -0.3 is 5.11 Å². The van der Waals surface area contributed by atoms with Gasteiger partial charge >= 0.3 is 5.97 Å². The second-order valence-corrected chi connectivity index (χ2v) is 6.10. The van der Waals surface area contributed by atoms with Crippen LogP contribution in [0.25, 0.3) is 0 Å². The minimum absolute atomic E-state index is 0.00185. The van der Waals surface area contributed by atoms with Crippen molar-refractivity contribution in [3.05, 3.63) is 0 Å². The van der Waals surface area contributed by atoms with E-state index in [1.807, 2.05) is 13.8 Å². The highest BCUT2D eigenvalue weighted by Crippen LogP contribution is 2.31. The molecule has 1 saturated heterocycles. The maximum absolute atomic E-state index is 10.9. The molecule has 0 aromatic carbocycles. The van der Waals surface area contributed by atoms with E-state index >= 15 is 0 Å². The van der Waals surface area contributed by atoms with Gasteiger partial charge in [0.1, 0.15) is 0 Å². The number of aliphatic carboxylic acids is 1. The van der Waals surface area contributed by atoms with Crippen LogP contribution < -0.4 is 0 Å². The van der Waals surface area contributed by atoms with E-state index in [0.717, 1.165) is 0 Å². The molecule has 0 radical (unpaired) electrons. The summed E-state index contributed by atoms with van der Waals surface area (Å²) in [4.78, 5) is 10.8. The molecule has 1 aliphatic rings. The highest BCUT2D eigenvalue weighted by atomic mass is 32.2. The molecule has 1 N–H and O–H groups in total. The molecule has 0 saturated carbocycles. The third-order valence-corrected chi connectivity index (χ3v) is 4.32. The zero-order valence-corrected chi connectivity index (χ0v) is 8.54. The average molecular weight is 206 g/mol. The normalized spacial score (nSPS) is 23.9. The number of hydrogen-bond donors (Lipinski definition) is 1. The molecular formula is C8H14O4S. The van der Waals surface area contributed by atoms with Crippen molar-refractivity contribution >= 4 is 15.8 Å². The molecule has 1 heterocycles. The molecule has 76 valence electrons. The van der Waals surface area contributed by atoms with E-state index < -0.39 is 21.7 Å². The van der Waals surface area contributed by atoms with Crippen LogP contribution in [0, 0.1) is 17.8 Å². The molecule has 1 fully saturated rings. The number of hydrogen-bond acceptors (Lipinski definition) is 3. The standard InChI is InChI=1S/C8H14O4S/c1-5(2)7(8(9)10)6-3-13(11,12)4-6/h5-7H,3-4H2,1-2H3,(H,9,10). The maximum atomic E-state index is 10.9. The Morgan fingerprint density at radius 3 is 2.08 bits per heavy atom. The van der Waals surface area contributed by atoms with E-state index in [4.69, 9.17) is 5.11 Å². The van der Waals surface area contributed by atoms with Crippen LogP contribution in [0.1, 0.15) is 13.8 Å². The van der Waals surface area contributed by atoms with E-state index in [9.17, 15) is 13.2 Å². The highest BCUT2D eigenvalue weighted by molar-refractivity contribution is 7.92. The summed E-state index contributed by atoms with van der Waals surface area (Å²) in [5, 5.41) is 8.85. The fourth-order valence-corrected chi connectivity index (χ4v) is 3.46. The van der Waals surface area contributed by atoms with Gasteiger partial charge in [-0.15, -0.1) is 0 Å². The Balaban J connectivity index is 2.65. The lowest BCUT2D eigenvalue weighted by Gasteiger charge is -2.32. The molecule has 1 unspecified atom stereocenters. The Kier molecular flexibility index (Phi) is 2.66. The third kappa shape index (κ3) is 2.21. The summed E-state index contributed by atoms with van der Waals surface area (Å²) >= 11 is 0. The third-order valence-electron chi connectivity index (χ3n) is 2.45. The Morgan fingerprint density at radius 1 is 1.38 bits per heavy atom. The average Bonchev–Trinajstić information content (AvgIpc) is 1.80.